The van der Waals surface area contributed by atoms with E-state index in [-0.39, 0.29) is 5.82 Å². The molecule has 2 nitrogen and oxygen atoms in total. The Morgan fingerprint density at radius 2 is 2.29 bits per heavy atom. The molecule has 0 atom stereocenters. The lowest BCUT2D eigenvalue weighted by molar-refractivity contribution is 0.621. The van der Waals surface area contributed by atoms with Crippen LogP contribution in [0, 0.1) is 14.2 Å². The summed E-state index contributed by atoms with van der Waals surface area (Å²) in [6.07, 6.45) is 0. The SMILES string of the molecule is CCn1c(=S)[nH]c2cc(I)c(F)cc21. The Hall–Kier alpha value is -0.430. The molecule has 0 aliphatic rings. The maximum atomic E-state index is 13.3. The van der Waals surface area contributed by atoms with Crippen molar-refractivity contribution in [3.05, 3.63) is 26.3 Å². The van der Waals surface area contributed by atoms with E-state index in [0.717, 1.165) is 17.6 Å². The fraction of sp³-hybridized carbons (Fsp3) is 0.222. The topological polar surface area (TPSA) is 20.7 Å². The molecule has 1 heterocycles. The molecule has 1 aromatic heterocycles. The second-order valence-corrected chi connectivity index (χ2v) is 4.51. The van der Waals surface area contributed by atoms with Gasteiger partial charge in [-0.05, 0) is 47.8 Å². The lowest BCUT2D eigenvalue weighted by Gasteiger charge is -1.99. The molecule has 14 heavy (non-hydrogen) atoms. The molecule has 0 unspecified atom stereocenters. The van der Waals surface area contributed by atoms with Crippen LogP contribution in [-0.4, -0.2) is 9.55 Å². The van der Waals surface area contributed by atoms with Crippen molar-refractivity contribution < 1.29 is 4.39 Å². The van der Waals surface area contributed by atoms with E-state index in [0.29, 0.717) is 8.34 Å². The largest absolute Gasteiger partial charge is 0.331 e. The highest BCUT2D eigenvalue weighted by atomic mass is 127. The molecule has 0 saturated carbocycles. The van der Waals surface area contributed by atoms with Crippen molar-refractivity contribution in [1.82, 2.24) is 9.55 Å². The third-order valence-electron chi connectivity index (χ3n) is 2.13. The van der Waals surface area contributed by atoms with Crippen molar-refractivity contribution >= 4 is 45.8 Å². The van der Waals surface area contributed by atoms with E-state index in [1.165, 1.54) is 6.07 Å². The van der Waals surface area contributed by atoms with Crippen LogP contribution >= 0.6 is 34.8 Å². The first-order chi connectivity index (χ1) is 6.63. The predicted molar refractivity (Wildman–Crippen MR) is 65.5 cm³/mol. The second-order valence-electron chi connectivity index (χ2n) is 2.96. The smallest absolute Gasteiger partial charge is 0.178 e. The number of aromatic nitrogens is 2. The van der Waals surface area contributed by atoms with Gasteiger partial charge in [-0.2, -0.15) is 0 Å². The van der Waals surface area contributed by atoms with E-state index in [9.17, 15) is 4.39 Å². The molecule has 0 aliphatic carbocycles. The van der Waals surface area contributed by atoms with Crippen molar-refractivity contribution in [1.29, 1.82) is 0 Å². The van der Waals surface area contributed by atoms with Crippen LogP contribution in [0.25, 0.3) is 11.0 Å². The average molecular weight is 322 g/mol. The minimum Gasteiger partial charge on any atom is -0.331 e. The van der Waals surface area contributed by atoms with Gasteiger partial charge in [-0.25, -0.2) is 4.39 Å². The molecule has 0 bridgehead atoms. The molecule has 0 amide bonds. The zero-order valence-corrected chi connectivity index (χ0v) is 10.4. The molecule has 2 aromatic rings. The number of H-pyrrole nitrogens is 1. The molecule has 5 heteroatoms. The average Bonchev–Trinajstić information content (AvgIpc) is 2.42. The second kappa shape index (κ2) is 3.62. The Kier molecular flexibility index (Phi) is 2.61. The highest BCUT2D eigenvalue weighted by Gasteiger charge is 2.07. The summed E-state index contributed by atoms with van der Waals surface area (Å²) in [7, 11) is 0. The van der Waals surface area contributed by atoms with Crippen molar-refractivity contribution in [3.8, 4) is 0 Å². The Bertz CT molecular complexity index is 543. The number of aromatic amines is 1. The first-order valence-corrected chi connectivity index (χ1v) is 5.69. The normalized spacial score (nSPS) is 11.1. The van der Waals surface area contributed by atoms with E-state index < -0.39 is 0 Å². The summed E-state index contributed by atoms with van der Waals surface area (Å²) in [6.45, 7) is 2.73. The van der Waals surface area contributed by atoms with Crippen LogP contribution in [0.2, 0.25) is 0 Å². The fourth-order valence-corrected chi connectivity index (χ4v) is 2.27. The summed E-state index contributed by atoms with van der Waals surface area (Å²) >= 11 is 7.09. The summed E-state index contributed by atoms with van der Waals surface area (Å²) in [5.74, 6) is -0.200. The number of nitrogens with zero attached hydrogens (tertiary/aromatic N) is 1. The Balaban J connectivity index is 2.89. The summed E-state index contributed by atoms with van der Waals surface area (Å²) < 4.78 is 16.4. The number of imidazole rings is 1. The van der Waals surface area contributed by atoms with Gasteiger partial charge in [-0.1, -0.05) is 0 Å². The number of hydrogen-bond acceptors (Lipinski definition) is 1. The van der Waals surface area contributed by atoms with Gasteiger partial charge in [-0.3, -0.25) is 0 Å². The van der Waals surface area contributed by atoms with Crippen LogP contribution < -0.4 is 0 Å². The van der Waals surface area contributed by atoms with Crippen molar-refractivity contribution in [3.63, 3.8) is 0 Å². The Morgan fingerprint density at radius 3 is 2.93 bits per heavy atom. The molecule has 1 aromatic carbocycles. The van der Waals surface area contributed by atoms with Gasteiger partial charge in [0, 0.05) is 12.6 Å². The Morgan fingerprint density at radius 1 is 1.57 bits per heavy atom. The van der Waals surface area contributed by atoms with Crippen molar-refractivity contribution in [2.45, 2.75) is 13.5 Å². The summed E-state index contributed by atoms with van der Waals surface area (Å²) in [5, 5.41) is 0. The lowest BCUT2D eigenvalue weighted by Crippen LogP contribution is -1.93. The standard InChI is InChI=1S/C9H8FIN2S/c1-2-13-8-3-5(10)6(11)4-7(8)12-9(13)14/h3-4H,2H2,1H3,(H,12,14). The van der Waals surface area contributed by atoms with E-state index in [4.69, 9.17) is 12.2 Å². The first-order valence-electron chi connectivity index (χ1n) is 4.21. The number of nitrogens with one attached hydrogen (secondary N) is 1. The van der Waals surface area contributed by atoms with Gasteiger partial charge >= 0.3 is 0 Å². The third-order valence-corrected chi connectivity index (χ3v) is 3.28. The van der Waals surface area contributed by atoms with E-state index in [2.05, 4.69) is 4.98 Å². The fourth-order valence-electron chi connectivity index (χ4n) is 1.47. The van der Waals surface area contributed by atoms with Crippen LogP contribution in [0.15, 0.2) is 12.1 Å². The number of hydrogen-bond donors (Lipinski definition) is 1. The first kappa shape index (κ1) is 10.1. The van der Waals surface area contributed by atoms with Crippen LogP contribution in [0.3, 0.4) is 0 Å². The summed E-state index contributed by atoms with van der Waals surface area (Å²) in [6, 6.07) is 3.29. The molecule has 2 rings (SSSR count). The Labute approximate surface area is 99.3 Å². The molecule has 0 fully saturated rings. The van der Waals surface area contributed by atoms with Gasteiger partial charge in [0.05, 0.1) is 14.6 Å². The number of rotatable bonds is 1. The molecule has 0 saturated heterocycles. The van der Waals surface area contributed by atoms with Crippen LogP contribution in [-0.2, 0) is 6.54 Å². The lowest BCUT2D eigenvalue weighted by atomic mass is 10.3. The summed E-state index contributed by atoms with van der Waals surface area (Å²) in [5.41, 5.74) is 1.72. The highest BCUT2D eigenvalue weighted by Crippen LogP contribution is 2.20. The maximum absolute atomic E-state index is 13.3. The maximum Gasteiger partial charge on any atom is 0.178 e. The van der Waals surface area contributed by atoms with E-state index in [1.54, 1.807) is 6.07 Å². The van der Waals surface area contributed by atoms with Gasteiger partial charge in [0.2, 0.25) is 0 Å². The van der Waals surface area contributed by atoms with E-state index in [1.807, 2.05) is 34.1 Å². The minimum atomic E-state index is -0.200. The number of benzene rings is 1. The summed E-state index contributed by atoms with van der Waals surface area (Å²) in [4.78, 5) is 3.05. The number of aryl methyl sites for hydroxylation is 1. The minimum absolute atomic E-state index is 0.200. The van der Waals surface area contributed by atoms with Crippen LogP contribution in [0.5, 0.6) is 0 Å². The molecule has 74 valence electrons. The van der Waals surface area contributed by atoms with Gasteiger partial charge in [0.25, 0.3) is 0 Å². The number of fused-ring (bicyclic) bond motifs is 1. The van der Waals surface area contributed by atoms with Crippen molar-refractivity contribution in [2.75, 3.05) is 0 Å². The zero-order valence-electron chi connectivity index (χ0n) is 7.47. The zero-order chi connectivity index (χ0) is 10.3. The van der Waals surface area contributed by atoms with Gasteiger partial charge in [0.15, 0.2) is 4.77 Å². The van der Waals surface area contributed by atoms with Crippen LogP contribution in [0.4, 0.5) is 4.39 Å². The van der Waals surface area contributed by atoms with Gasteiger partial charge in [-0.15, -0.1) is 0 Å². The molecule has 1 N–H and O–H groups in total. The third kappa shape index (κ3) is 1.48. The monoisotopic (exact) mass is 322 g/mol. The molecule has 0 spiro atoms. The van der Waals surface area contributed by atoms with Crippen LogP contribution in [0.1, 0.15) is 6.92 Å². The molecular weight excluding hydrogens is 314 g/mol. The molecule has 0 aliphatic heterocycles. The van der Waals surface area contributed by atoms with Gasteiger partial charge < -0.3 is 9.55 Å². The molecular formula is C9H8FIN2S. The van der Waals surface area contributed by atoms with Crippen molar-refractivity contribution in [2.24, 2.45) is 0 Å². The predicted octanol–water partition coefficient (Wildman–Crippen LogP) is 3.46. The quantitative estimate of drug-likeness (QED) is 0.630. The van der Waals surface area contributed by atoms with E-state index >= 15 is 0 Å². The highest BCUT2D eigenvalue weighted by molar-refractivity contribution is 14.1. The number of halogens is 2. The molecule has 0 radical (unpaired) electrons. The van der Waals surface area contributed by atoms with Gasteiger partial charge in [0.1, 0.15) is 5.82 Å².